The van der Waals surface area contributed by atoms with E-state index in [0.717, 1.165) is 12.4 Å². The predicted octanol–water partition coefficient (Wildman–Crippen LogP) is 6.87. The number of benzene rings is 1. The molecule has 26 heavy (non-hydrogen) atoms. The Labute approximate surface area is 161 Å². The molecule has 1 aliphatic heterocycles. The molecule has 2 nitrogen and oxygen atoms in total. The summed E-state index contributed by atoms with van der Waals surface area (Å²) in [7, 11) is 0. The second kappa shape index (κ2) is 13.9. The third-order valence-corrected chi connectivity index (χ3v) is 4.97. The fourth-order valence-corrected chi connectivity index (χ4v) is 3.16. The third kappa shape index (κ3) is 10.7. The summed E-state index contributed by atoms with van der Waals surface area (Å²) in [5.41, 5.74) is 1.43. The maximum atomic E-state index is 5.68. The SMILES string of the molecule is CCC/C=C/CCCCCCCCCCc1ccc(OCC2CO2)cc1. The Morgan fingerprint density at radius 1 is 0.885 bits per heavy atom. The Bertz CT molecular complexity index is 473. The van der Waals surface area contributed by atoms with Crippen LogP contribution in [0.4, 0.5) is 0 Å². The Morgan fingerprint density at radius 3 is 2.15 bits per heavy atom. The maximum absolute atomic E-state index is 5.68. The van der Waals surface area contributed by atoms with Crippen LogP contribution in [-0.4, -0.2) is 19.3 Å². The van der Waals surface area contributed by atoms with Crippen LogP contribution in [0.2, 0.25) is 0 Å². The molecule has 0 radical (unpaired) electrons. The van der Waals surface area contributed by atoms with E-state index in [-0.39, 0.29) is 0 Å². The molecule has 1 aliphatic rings. The van der Waals surface area contributed by atoms with Crippen LogP contribution in [0.15, 0.2) is 36.4 Å². The van der Waals surface area contributed by atoms with E-state index in [0.29, 0.717) is 12.7 Å². The minimum atomic E-state index is 0.331. The van der Waals surface area contributed by atoms with Gasteiger partial charge in [-0.25, -0.2) is 0 Å². The summed E-state index contributed by atoms with van der Waals surface area (Å²) in [5, 5.41) is 0. The fourth-order valence-electron chi connectivity index (χ4n) is 3.16. The Hall–Kier alpha value is -1.28. The number of hydrogen-bond donors (Lipinski definition) is 0. The van der Waals surface area contributed by atoms with Crippen molar-refractivity contribution in [2.75, 3.05) is 13.2 Å². The number of aryl methyl sites for hydroxylation is 1. The molecule has 146 valence electrons. The number of rotatable bonds is 16. The molecular weight excluding hydrogens is 320 g/mol. The zero-order valence-electron chi connectivity index (χ0n) is 16.8. The quantitative estimate of drug-likeness (QED) is 0.183. The van der Waals surface area contributed by atoms with E-state index in [1.165, 1.54) is 82.6 Å². The van der Waals surface area contributed by atoms with E-state index >= 15 is 0 Å². The lowest BCUT2D eigenvalue weighted by Gasteiger charge is -2.06. The molecule has 1 heterocycles. The van der Waals surface area contributed by atoms with Crippen molar-refractivity contribution in [2.45, 2.75) is 90.1 Å². The number of epoxide rings is 1. The minimum Gasteiger partial charge on any atom is -0.491 e. The number of allylic oxidation sites excluding steroid dienone is 2. The Morgan fingerprint density at radius 2 is 1.50 bits per heavy atom. The summed E-state index contributed by atoms with van der Waals surface area (Å²) in [5.74, 6) is 0.963. The highest BCUT2D eigenvalue weighted by atomic mass is 16.6. The van der Waals surface area contributed by atoms with Crippen LogP contribution in [0.5, 0.6) is 5.75 Å². The summed E-state index contributed by atoms with van der Waals surface area (Å²) in [6.45, 7) is 3.78. The summed E-state index contributed by atoms with van der Waals surface area (Å²) in [6, 6.07) is 8.60. The minimum absolute atomic E-state index is 0.331. The van der Waals surface area contributed by atoms with Crippen molar-refractivity contribution in [1.82, 2.24) is 0 Å². The van der Waals surface area contributed by atoms with Crippen molar-refractivity contribution in [1.29, 1.82) is 0 Å². The first kappa shape index (κ1) is 21.0. The average molecular weight is 359 g/mol. The monoisotopic (exact) mass is 358 g/mol. The zero-order chi connectivity index (χ0) is 18.3. The molecule has 1 saturated heterocycles. The van der Waals surface area contributed by atoms with Crippen molar-refractivity contribution in [3.63, 3.8) is 0 Å². The van der Waals surface area contributed by atoms with Gasteiger partial charge < -0.3 is 9.47 Å². The van der Waals surface area contributed by atoms with Crippen LogP contribution in [-0.2, 0) is 11.2 Å². The molecule has 1 aromatic rings. The predicted molar refractivity (Wildman–Crippen MR) is 111 cm³/mol. The first-order valence-electron chi connectivity index (χ1n) is 10.9. The second-order valence-electron chi connectivity index (χ2n) is 7.54. The Balaban J connectivity index is 1.37. The van der Waals surface area contributed by atoms with E-state index < -0.39 is 0 Å². The van der Waals surface area contributed by atoms with Gasteiger partial charge in [-0.2, -0.15) is 0 Å². The summed E-state index contributed by atoms with van der Waals surface area (Å²) in [4.78, 5) is 0. The summed E-state index contributed by atoms with van der Waals surface area (Å²) in [6.07, 6.45) is 21.1. The molecule has 0 aliphatic carbocycles. The van der Waals surface area contributed by atoms with Gasteiger partial charge in [-0.15, -0.1) is 0 Å². The van der Waals surface area contributed by atoms with Crippen LogP contribution >= 0.6 is 0 Å². The van der Waals surface area contributed by atoms with Crippen LogP contribution in [0, 0.1) is 0 Å². The zero-order valence-corrected chi connectivity index (χ0v) is 16.8. The van der Waals surface area contributed by atoms with Gasteiger partial charge in [-0.1, -0.05) is 76.2 Å². The van der Waals surface area contributed by atoms with Gasteiger partial charge in [0.15, 0.2) is 0 Å². The topological polar surface area (TPSA) is 21.8 Å². The molecule has 1 atom stereocenters. The largest absolute Gasteiger partial charge is 0.491 e. The number of ether oxygens (including phenoxy) is 2. The van der Waals surface area contributed by atoms with Crippen molar-refractivity contribution in [2.24, 2.45) is 0 Å². The summed E-state index contributed by atoms with van der Waals surface area (Å²) < 4.78 is 10.8. The van der Waals surface area contributed by atoms with Gasteiger partial charge in [0, 0.05) is 0 Å². The average Bonchev–Trinajstić information content (AvgIpc) is 3.49. The third-order valence-electron chi connectivity index (χ3n) is 4.97. The van der Waals surface area contributed by atoms with E-state index in [9.17, 15) is 0 Å². The molecule has 0 saturated carbocycles. The normalized spacial score (nSPS) is 16.3. The smallest absolute Gasteiger partial charge is 0.119 e. The van der Waals surface area contributed by atoms with Crippen molar-refractivity contribution >= 4 is 0 Å². The first-order valence-corrected chi connectivity index (χ1v) is 10.9. The van der Waals surface area contributed by atoms with Gasteiger partial charge in [0.05, 0.1) is 6.61 Å². The fraction of sp³-hybridized carbons (Fsp3) is 0.667. The molecule has 0 amide bonds. The highest BCUT2D eigenvalue weighted by molar-refractivity contribution is 5.27. The van der Waals surface area contributed by atoms with E-state index in [4.69, 9.17) is 9.47 Å². The van der Waals surface area contributed by atoms with Gasteiger partial charge in [-0.05, 0) is 49.8 Å². The lowest BCUT2D eigenvalue weighted by Crippen LogP contribution is -2.03. The second-order valence-corrected chi connectivity index (χ2v) is 7.54. The van der Waals surface area contributed by atoms with Gasteiger partial charge in [0.2, 0.25) is 0 Å². The van der Waals surface area contributed by atoms with E-state index in [1.807, 2.05) is 0 Å². The number of hydrogen-bond acceptors (Lipinski definition) is 2. The lowest BCUT2D eigenvalue weighted by atomic mass is 10.0. The molecular formula is C24H38O2. The van der Waals surface area contributed by atoms with E-state index in [1.54, 1.807) is 0 Å². The standard InChI is InChI=1S/C24H38O2/c1-2-3-4-5-6-7-8-9-10-11-12-13-14-15-22-16-18-23(19-17-22)25-20-24-21-26-24/h4-5,16-19,24H,2-3,6-15,20-21H2,1H3/b5-4+. The molecule has 1 aromatic carbocycles. The van der Waals surface area contributed by atoms with Gasteiger partial charge in [-0.3, -0.25) is 0 Å². The molecule has 2 heteroatoms. The van der Waals surface area contributed by atoms with Crippen LogP contribution in [0.1, 0.15) is 83.1 Å². The van der Waals surface area contributed by atoms with Crippen LogP contribution in [0.25, 0.3) is 0 Å². The molecule has 0 bridgehead atoms. The van der Waals surface area contributed by atoms with Gasteiger partial charge >= 0.3 is 0 Å². The maximum Gasteiger partial charge on any atom is 0.119 e. The Kier molecular flexibility index (Phi) is 11.2. The molecule has 0 spiro atoms. The summed E-state index contributed by atoms with van der Waals surface area (Å²) >= 11 is 0. The molecule has 1 unspecified atom stereocenters. The van der Waals surface area contributed by atoms with E-state index in [2.05, 4.69) is 43.3 Å². The molecule has 1 fully saturated rings. The lowest BCUT2D eigenvalue weighted by molar-refractivity contribution is 0.263. The van der Waals surface area contributed by atoms with Crippen molar-refractivity contribution < 1.29 is 9.47 Å². The first-order chi connectivity index (χ1) is 12.9. The molecule has 2 rings (SSSR count). The highest BCUT2D eigenvalue weighted by Crippen LogP contribution is 2.17. The van der Waals surface area contributed by atoms with Crippen molar-refractivity contribution in [3.05, 3.63) is 42.0 Å². The molecule has 0 N–H and O–H groups in total. The number of unbranched alkanes of at least 4 members (excludes halogenated alkanes) is 9. The van der Waals surface area contributed by atoms with Crippen LogP contribution in [0.3, 0.4) is 0 Å². The van der Waals surface area contributed by atoms with Crippen LogP contribution < -0.4 is 4.74 Å². The van der Waals surface area contributed by atoms with Crippen molar-refractivity contribution in [3.8, 4) is 5.75 Å². The van der Waals surface area contributed by atoms with Gasteiger partial charge in [0.25, 0.3) is 0 Å². The van der Waals surface area contributed by atoms with Gasteiger partial charge in [0.1, 0.15) is 18.5 Å². The molecule has 0 aromatic heterocycles. The highest BCUT2D eigenvalue weighted by Gasteiger charge is 2.22.